The van der Waals surface area contributed by atoms with Crippen LogP contribution in [0, 0.1) is 0 Å². The van der Waals surface area contributed by atoms with Crippen LogP contribution in [0.15, 0.2) is 112 Å². The average Bonchev–Trinajstić information content (AvgIpc) is 3.09. The number of methoxy groups -OCH3 is 2. The Balaban J connectivity index is 1.91. The molecule has 4 aromatic rings. The molecule has 0 unspecified atom stereocenters. The van der Waals surface area contributed by atoms with E-state index in [9.17, 15) is 45.1 Å². The molecule has 0 fully saturated rings. The summed E-state index contributed by atoms with van der Waals surface area (Å²) in [6.07, 6.45) is 0. The predicted molar refractivity (Wildman–Crippen MR) is 175 cm³/mol. The summed E-state index contributed by atoms with van der Waals surface area (Å²) in [5.41, 5.74) is -1.02. The molecule has 0 atom stereocenters. The van der Waals surface area contributed by atoms with E-state index in [1.54, 1.807) is 6.07 Å². The number of hydrogen-bond donors (Lipinski definition) is 2. The number of rotatable bonds is 16. The van der Waals surface area contributed by atoms with E-state index in [1.807, 2.05) is 0 Å². The van der Waals surface area contributed by atoms with Gasteiger partial charge in [0.05, 0.1) is 46.9 Å². The summed E-state index contributed by atoms with van der Waals surface area (Å²) in [5.74, 6) is -2.51. The highest BCUT2D eigenvalue weighted by Crippen LogP contribution is 2.34. The first kappa shape index (κ1) is 36.7. The summed E-state index contributed by atoms with van der Waals surface area (Å²) in [5, 5.41) is 19.4. The van der Waals surface area contributed by atoms with E-state index in [4.69, 9.17) is 13.7 Å². The monoisotopic (exact) mass is 734 g/mol. The maximum atomic E-state index is 13.9. The summed E-state index contributed by atoms with van der Waals surface area (Å²) >= 11 is 0. The van der Waals surface area contributed by atoms with Crippen LogP contribution >= 0.6 is 0 Å². The second-order valence-electron chi connectivity index (χ2n) is 10.0. The van der Waals surface area contributed by atoms with Crippen molar-refractivity contribution in [1.29, 1.82) is 0 Å². The summed E-state index contributed by atoms with van der Waals surface area (Å²) in [7, 11) is -11.0. The van der Waals surface area contributed by atoms with Crippen molar-refractivity contribution < 1.29 is 58.7 Å². The van der Waals surface area contributed by atoms with Gasteiger partial charge in [-0.2, -0.15) is 8.42 Å². The lowest BCUT2D eigenvalue weighted by atomic mass is 10.1. The highest BCUT2D eigenvalue weighted by molar-refractivity contribution is 7.93. The Kier molecular flexibility index (Phi) is 11.2. The number of carbonyl (C=O) groups is 2. The van der Waals surface area contributed by atoms with Crippen LogP contribution in [0.3, 0.4) is 0 Å². The molecule has 0 aliphatic heterocycles. The quantitative estimate of drug-likeness (QED) is 0.159. The normalized spacial score (nSPS) is 11.8. The van der Waals surface area contributed by atoms with E-state index >= 15 is 0 Å². The molecule has 15 nitrogen and oxygen atoms in total. The summed E-state index contributed by atoms with van der Waals surface area (Å²) in [4.78, 5) is 23.0. The number of carboxylic acids is 2. The first-order chi connectivity index (χ1) is 23.1. The van der Waals surface area contributed by atoms with Crippen molar-refractivity contribution in [1.82, 2.24) is 0 Å². The van der Waals surface area contributed by atoms with Crippen LogP contribution in [0.5, 0.6) is 11.5 Å². The van der Waals surface area contributed by atoms with E-state index in [1.165, 1.54) is 87.0 Å². The molecule has 0 amide bonds. The summed E-state index contributed by atoms with van der Waals surface area (Å²) < 4.78 is 97.7. The van der Waals surface area contributed by atoms with Gasteiger partial charge in [0.25, 0.3) is 30.2 Å². The van der Waals surface area contributed by atoms with Crippen molar-refractivity contribution in [2.24, 2.45) is 0 Å². The Morgan fingerprint density at radius 2 is 1.08 bits per heavy atom. The largest absolute Gasteiger partial charge is 0.497 e. The molecule has 2 N–H and O–H groups in total. The Morgan fingerprint density at radius 1 is 0.612 bits per heavy atom. The van der Waals surface area contributed by atoms with E-state index in [2.05, 4.69) is 0 Å². The van der Waals surface area contributed by atoms with Gasteiger partial charge in [0.2, 0.25) is 0 Å². The van der Waals surface area contributed by atoms with E-state index in [0.29, 0.717) is 20.1 Å². The molecule has 4 rings (SSSR count). The molecule has 49 heavy (non-hydrogen) atoms. The molecule has 0 saturated carbocycles. The van der Waals surface area contributed by atoms with Crippen LogP contribution in [0.25, 0.3) is 0 Å². The van der Waals surface area contributed by atoms with Crippen molar-refractivity contribution in [3.63, 3.8) is 0 Å². The van der Waals surface area contributed by atoms with Crippen LogP contribution < -0.4 is 18.1 Å². The third kappa shape index (κ3) is 8.47. The second kappa shape index (κ2) is 14.9. The highest BCUT2D eigenvalue weighted by atomic mass is 32.2. The molecular formula is C31H30N2O13S3. The van der Waals surface area contributed by atoms with Gasteiger partial charge >= 0.3 is 11.9 Å². The maximum Gasteiger partial charge on any atom is 0.324 e. The number of benzene rings is 4. The van der Waals surface area contributed by atoms with Gasteiger partial charge < -0.3 is 19.7 Å². The van der Waals surface area contributed by atoms with Gasteiger partial charge in [-0.15, -0.1) is 0 Å². The Labute approximate surface area is 282 Å². The smallest absolute Gasteiger partial charge is 0.324 e. The lowest BCUT2D eigenvalue weighted by Crippen LogP contribution is -2.37. The zero-order chi connectivity index (χ0) is 36.0. The minimum absolute atomic E-state index is 0.254. The Morgan fingerprint density at radius 3 is 1.55 bits per heavy atom. The number of sulfonamides is 2. The third-order valence-electron chi connectivity index (χ3n) is 6.87. The number of hydrogen-bond acceptors (Lipinski definition) is 11. The summed E-state index contributed by atoms with van der Waals surface area (Å²) in [6.45, 7) is -3.16. The van der Waals surface area contributed by atoms with Gasteiger partial charge in [0.1, 0.15) is 24.6 Å². The molecule has 0 saturated heterocycles. The fraction of sp³-hybridized carbons (Fsp3) is 0.161. The zero-order valence-electron chi connectivity index (χ0n) is 25.9. The van der Waals surface area contributed by atoms with Gasteiger partial charge in [-0.1, -0.05) is 18.2 Å². The maximum absolute atomic E-state index is 13.9. The number of carboxylic acid groups (broad SMARTS) is 2. The molecule has 0 aliphatic rings. The molecule has 0 heterocycles. The predicted octanol–water partition coefficient (Wildman–Crippen LogP) is 3.17. The first-order valence-electron chi connectivity index (χ1n) is 13.9. The molecule has 0 bridgehead atoms. The lowest BCUT2D eigenvalue weighted by molar-refractivity contribution is -0.136. The van der Waals surface area contributed by atoms with Gasteiger partial charge in [-0.25, -0.2) is 16.8 Å². The molecule has 0 aliphatic carbocycles. The zero-order valence-corrected chi connectivity index (χ0v) is 28.3. The van der Waals surface area contributed by atoms with E-state index in [0.717, 1.165) is 18.2 Å². The minimum Gasteiger partial charge on any atom is -0.497 e. The van der Waals surface area contributed by atoms with Crippen molar-refractivity contribution in [2.75, 3.05) is 35.9 Å². The summed E-state index contributed by atoms with van der Waals surface area (Å²) in [6, 6.07) is 20.1. The topological polar surface area (TPSA) is 211 Å². The van der Waals surface area contributed by atoms with Crippen LogP contribution in [-0.2, 0) is 50.5 Å². The first-order valence-corrected chi connectivity index (χ1v) is 18.2. The standard InChI is InChI=1S/C31H30N2O13S3/c1-44-24-9-13-26(14-10-24)47(38,39)32(19-30(34)35)23-8-17-29(22(18-23)21-46-49(42,43)28-6-4-3-5-7-28)33(20-31(36)37)48(40,41)27-15-11-25(45-2)12-16-27/h3-18H,19-21H2,1-2H3,(H,34,35)(H,36,37). The van der Waals surface area contributed by atoms with Crippen LogP contribution in [0.1, 0.15) is 5.56 Å². The van der Waals surface area contributed by atoms with Crippen LogP contribution in [-0.4, -0.2) is 74.7 Å². The van der Waals surface area contributed by atoms with E-state index in [-0.39, 0.29) is 31.6 Å². The fourth-order valence-electron chi connectivity index (χ4n) is 4.49. The molecular weight excluding hydrogens is 705 g/mol. The Bertz CT molecular complexity index is 2140. The molecule has 4 aromatic carbocycles. The molecule has 0 radical (unpaired) electrons. The van der Waals surface area contributed by atoms with Crippen molar-refractivity contribution in [3.05, 3.63) is 103 Å². The third-order valence-corrected chi connectivity index (χ3v) is 11.7. The number of anilines is 2. The molecule has 260 valence electrons. The number of nitrogens with zero attached hydrogens (tertiary/aromatic N) is 2. The molecule has 0 spiro atoms. The van der Waals surface area contributed by atoms with Gasteiger partial charge in [-0.05, 0) is 78.9 Å². The molecule has 0 aromatic heterocycles. The van der Waals surface area contributed by atoms with Gasteiger partial charge in [-0.3, -0.25) is 22.4 Å². The minimum atomic E-state index is -4.68. The van der Waals surface area contributed by atoms with Gasteiger partial charge in [0.15, 0.2) is 0 Å². The average molecular weight is 735 g/mol. The van der Waals surface area contributed by atoms with E-state index < -0.39 is 61.8 Å². The highest BCUT2D eigenvalue weighted by Gasteiger charge is 2.32. The lowest BCUT2D eigenvalue weighted by Gasteiger charge is -2.28. The fourth-order valence-corrected chi connectivity index (χ4v) is 8.26. The van der Waals surface area contributed by atoms with Crippen molar-refractivity contribution in [2.45, 2.75) is 21.3 Å². The number of ether oxygens (including phenoxy) is 2. The second-order valence-corrected chi connectivity index (χ2v) is 15.3. The van der Waals surface area contributed by atoms with Gasteiger partial charge in [0, 0.05) is 5.56 Å². The Hall–Kier alpha value is -5.17. The van der Waals surface area contributed by atoms with Crippen molar-refractivity contribution >= 4 is 53.5 Å². The SMILES string of the molecule is COc1ccc(S(=O)(=O)N(CC(=O)O)c2ccc(N(CC(=O)O)S(=O)(=O)c3ccc(OC)cc3)c(COS(=O)(=O)c3ccccc3)c2)cc1. The van der Waals surface area contributed by atoms with Crippen LogP contribution in [0.2, 0.25) is 0 Å². The number of aliphatic carboxylic acids is 2. The van der Waals surface area contributed by atoms with Crippen LogP contribution in [0.4, 0.5) is 11.4 Å². The van der Waals surface area contributed by atoms with Crippen molar-refractivity contribution in [3.8, 4) is 11.5 Å². The molecule has 18 heteroatoms.